The molecular formula is C29H37N9O2. The van der Waals surface area contributed by atoms with Crippen LogP contribution in [-0.2, 0) is 11.8 Å². The minimum absolute atomic E-state index is 0.153. The van der Waals surface area contributed by atoms with Crippen LogP contribution in [0.5, 0.6) is 5.75 Å². The summed E-state index contributed by atoms with van der Waals surface area (Å²) in [5.74, 6) is 1.54. The van der Waals surface area contributed by atoms with Gasteiger partial charge in [0.1, 0.15) is 17.9 Å². The van der Waals surface area contributed by atoms with Crippen molar-refractivity contribution in [1.29, 1.82) is 0 Å². The van der Waals surface area contributed by atoms with Crippen molar-refractivity contribution in [2.24, 2.45) is 7.05 Å². The number of rotatable bonds is 9. The number of benzene rings is 2. The normalized spacial score (nSPS) is 13.9. The number of methoxy groups -OCH3 is 1. The van der Waals surface area contributed by atoms with Crippen LogP contribution >= 0.6 is 0 Å². The summed E-state index contributed by atoms with van der Waals surface area (Å²) in [6, 6.07) is 12.2. The van der Waals surface area contributed by atoms with Gasteiger partial charge in [-0.05, 0) is 18.2 Å². The van der Waals surface area contributed by atoms with Crippen LogP contribution in [0, 0.1) is 0 Å². The van der Waals surface area contributed by atoms with Crippen LogP contribution in [0.25, 0.3) is 22.2 Å². The molecule has 0 radical (unpaired) electrons. The fraction of sp³-hybridized carbons (Fsp3) is 0.379. The first-order chi connectivity index (χ1) is 19.4. The highest BCUT2D eigenvalue weighted by atomic mass is 16.5. The third kappa shape index (κ3) is 5.79. The molecular weight excluding hydrogens is 506 g/mol. The van der Waals surface area contributed by atoms with Gasteiger partial charge in [0.2, 0.25) is 5.91 Å². The van der Waals surface area contributed by atoms with E-state index in [-0.39, 0.29) is 5.91 Å². The van der Waals surface area contributed by atoms with Gasteiger partial charge in [-0.1, -0.05) is 6.07 Å². The summed E-state index contributed by atoms with van der Waals surface area (Å²) >= 11 is 0. The maximum atomic E-state index is 11.6. The Bertz CT molecular complexity index is 1490. The first kappa shape index (κ1) is 27.2. The van der Waals surface area contributed by atoms with Gasteiger partial charge in [-0.15, -0.1) is 0 Å². The van der Waals surface area contributed by atoms with Gasteiger partial charge in [0.15, 0.2) is 0 Å². The molecule has 0 atom stereocenters. The molecule has 4 aromatic rings. The number of carbonyl (C=O) groups excluding carboxylic acids is 1. The monoisotopic (exact) mass is 543 g/mol. The molecule has 5 rings (SSSR count). The number of carbonyl (C=O) groups is 1. The van der Waals surface area contributed by atoms with E-state index in [2.05, 4.69) is 54.7 Å². The maximum Gasteiger partial charge on any atom is 0.219 e. The highest BCUT2D eigenvalue weighted by molar-refractivity contribution is 5.85. The molecule has 1 saturated heterocycles. The molecule has 2 N–H and O–H groups in total. The van der Waals surface area contributed by atoms with Gasteiger partial charge in [-0.3, -0.25) is 14.4 Å². The summed E-state index contributed by atoms with van der Waals surface area (Å²) in [6.45, 7) is 6.78. The lowest BCUT2D eigenvalue weighted by Crippen LogP contribution is -2.49. The van der Waals surface area contributed by atoms with E-state index >= 15 is 0 Å². The SMILES string of the molecule is CNc1cc(Nc2cc(-c3ccc4c(cnn4C)c3)ncn2)c(OC)cc1N(C)CCN1CCN(C(C)=O)CC1. The fourth-order valence-corrected chi connectivity index (χ4v) is 5.09. The molecule has 210 valence electrons. The van der Waals surface area contributed by atoms with Crippen LogP contribution in [0.1, 0.15) is 6.92 Å². The first-order valence-electron chi connectivity index (χ1n) is 13.5. The number of hydrogen-bond acceptors (Lipinski definition) is 9. The number of ether oxygens (including phenoxy) is 1. The third-order valence-corrected chi connectivity index (χ3v) is 7.54. The number of nitrogens with zero attached hydrogens (tertiary/aromatic N) is 7. The zero-order chi connectivity index (χ0) is 28.2. The molecule has 11 heteroatoms. The number of likely N-dealkylation sites (N-methyl/N-ethyl adjacent to an activating group) is 1. The number of amides is 1. The molecule has 1 fully saturated rings. The van der Waals surface area contributed by atoms with Gasteiger partial charge in [0, 0.05) is 90.4 Å². The van der Waals surface area contributed by atoms with E-state index in [9.17, 15) is 4.79 Å². The number of aromatic nitrogens is 4. The van der Waals surface area contributed by atoms with Crippen LogP contribution in [-0.4, -0.2) is 95.9 Å². The van der Waals surface area contributed by atoms with Crippen molar-refractivity contribution in [3.05, 3.63) is 48.9 Å². The van der Waals surface area contributed by atoms with E-state index < -0.39 is 0 Å². The Labute approximate surface area is 234 Å². The average molecular weight is 544 g/mol. The summed E-state index contributed by atoms with van der Waals surface area (Å²) in [7, 11) is 7.61. The van der Waals surface area contributed by atoms with Gasteiger partial charge in [0.25, 0.3) is 0 Å². The number of hydrogen-bond donors (Lipinski definition) is 2. The van der Waals surface area contributed by atoms with Crippen molar-refractivity contribution in [3.8, 4) is 17.0 Å². The standard InChI is InChI=1S/C29H37N9O2/c1-20(39)38-12-10-37(11-13-38)9-8-35(3)27-17-28(40-5)25(15-24(27)30-2)34-29-16-23(31-19-32-29)21-6-7-26-22(14-21)18-33-36(26)4/h6-7,14-19,30H,8-13H2,1-5H3,(H,31,32,34). The minimum atomic E-state index is 0.153. The lowest BCUT2D eigenvalue weighted by molar-refractivity contribution is -0.130. The Kier molecular flexibility index (Phi) is 8.01. The van der Waals surface area contributed by atoms with Crippen molar-refractivity contribution >= 4 is 39.7 Å². The number of fused-ring (bicyclic) bond motifs is 1. The van der Waals surface area contributed by atoms with Crippen LogP contribution in [0.3, 0.4) is 0 Å². The van der Waals surface area contributed by atoms with Gasteiger partial charge >= 0.3 is 0 Å². The van der Waals surface area contributed by atoms with Crippen LogP contribution < -0.4 is 20.3 Å². The van der Waals surface area contributed by atoms with E-state index in [1.54, 1.807) is 20.4 Å². The Hall–Kier alpha value is -4.38. The number of aryl methyl sites for hydroxylation is 1. The molecule has 1 aliphatic rings. The Balaban J connectivity index is 1.31. The molecule has 40 heavy (non-hydrogen) atoms. The maximum absolute atomic E-state index is 11.6. The molecule has 0 saturated carbocycles. The van der Waals surface area contributed by atoms with Gasteiger partial charge < -0.3 is 25.2 Å². The van der Waals surface area contributed by atoms with Crippen molar-refractivity contribution in [3.63, 3.8) is 0 Å². The molecule has 3 heterocycles. The summed E-state index contributed by atoms with van der Waals surface area (Å²) in [4.78, 5) is 27.1. The largest absolute Gasteiger partial charge is 0.494 e. The lowest BCUT2D eigenvalue weighted by Gasteiger charge is -2.35. The fourth-order valence-electron chi connectivity index (χ4n) is 5.09. The number of piperazine rings is 1. The topological polar surface area (TPSA) is 104 Å². The molecule has 0 spiro atoms. The second-order valence-electron chi connectivity index (χ2n) is 10.0. The minimum Gasteiger partial charge on any atom is -0.494 e. The Morgan fingerprint density at radius 2 is 1.88 bits per heavy atom. The van der Waals surface area contributed by atoms with Gasteiger partial charge in [-0.25, -0.2) is 9.97 Å². The molecule has 0 bridgehead atoms. The molecule has 11 nitrogen and oxygen atoms in total. The second kappa shape index (κ2) is 11.8. The molecule has 1 amide bonds. The van der Waals surface area contributed by atoms with Crippen molar-refractivity contribution in [2.75, 3.05) is 76.0 Å². The predicted molar refractivity (Wildman–Crippen MR) is 160 cm³/mol. The van der Waals surface area contributed by atoms with E-state index in [4.69, 9.17) is 4.74 Å². The van der Waals surface area contributed by atoms with Gasteiger partial charge in [0.05, 0.1) is 41.6 Å². The summed E-state index contributed by atoms with van der Waals surface area (Å²) in [6.07, 6.45) is 3.42. The summed E-state index contributed by atoms with van der Waals surface area (Å²) in [5.41, 5.74) is 5.70. The van der Waals surface area contributed by atoms with Crippen molar-refractivity contribution in [1.82, 2.24) is 29.5 Å². The van der Waals surface area contributed by atoms with E-state index in [0.717, 1.165) is 78.5 Å². The second-order valence-corrected chi connectivity index (χ2v) is 10.0. The molecule has 0 aliphatic carbocycles. The average Bonchev–Trinajstić information content (AvgIpc) is 3.35. The predicted octanol–water partition coefficient (Wildman–Crippen LogP) is 3.42. The van der Waals surface area contributed by atoms with Crippen LogP contribution in [0.4, 0.5) is 22.9 Å². The zero-order valence-electron chi connectivity index (χ0n) is 23.8. The van der Waals surface area contributed by atoms with E-state index in [1.807, 2.05) is 54.1 Å². The molecule has 1 aliphatic heterocycles. The Morgan fingerprint density at radius 1 is 1.07 bits per heavy atom. The molecule has 2 aromatic carbocycles. The van der Waals surface area contributed by atoms with Crippen molar-refractivity contribution < 1.29 is 9.53 Å². The van der Waals surface area contributed by atoms with Gasteiger partial charge in [-0.2, -0.15) is 5.10 Å². The highest BCUT2D eigenvalue weighted by Gasteiger charge is 2.20. The number of nitrogens with one attached hydrogen (secondary N) is 2. The van der Waals surface area contributed by atoms with E-state index in [0.29, 0.717) is 11.6 Å². The van der Waals surface area contributed by atoms with Crippen molar-refractivity contribution in [2.45, 2.75) is 6.92 Å². The quantitative estimate of drug-likeness (QED) is 0.329. The lowest BCUT2D eigenvalue weighted by atomic mass is 10.1. The summed E-state index contributed by atoms with van der Waals surface area (Å²) in [5, 5.41) is 12.1. The highest BCUT2D eigenvalue weighted by Crippen LogP contribution is 2.38. The third-order valence-electron chi connectivity index (χ3n) is 7.54. The number of anilines is 4. The smallest absolute Gasteiger partial charge is 0.219 e. The van der Waals surface area contributed by atoms with E-state index in [1.165, 1.54) is 0 Å². The van der Waals surface area contributed by atoms with Crippen LogP contribution in [0.2, 0.25) is 0 Å². The van der Waals surface area contributed by atoms with Crippen LogP contribution in [0.15, 0.2) is 48.9 Å². The molecule has 2 aromatic heterocycles. The summed E-state index contributed by atoms with van der Waals surface area (Å²) < 4.78 is 7.64. The molecule has 0 unspecified atom stereocenters. The first-order valence-corrected chi connectivity index (χ1v) is 13.5. The zero-order valence-corrected chi connectivity index (χ0v) is 23.8. The Morgan fingerprint density at radius 3 is 2.60 bits per heavy atom.